The van der Waals surface area contributed by atoms with Gasteiger partial charge in [-0.25, -0.2) is 4.98 Å². The lowest BCUT2D eigenvalue weighted by Crippen LogP contribution is -2.42. The Morgan fingerprint density at radius 1 is 1.19 bits per heavy atom. The molecule has 0 N–H and O–H groups in total. The molecular formula is C23H24ClN3O3S. The Labute approximate surface area is 190 Å². The van der Waals surface area contributed by atoms with E-state index in [9.17, 15) is 9.59 Å². The van der Waals surface area contributed by atoms with Crippen LogP contribution in [0.25, 0.3) is 22.0 Å². The molecule has 8 heteroatoms. The highest BCUT2D eigenvalue weighted by atomic mass is 35.5. The minimum Gasteiger partial charge on any atom is -0.466 e. The first-order chi connectivity index (χ1) is 15.0. The standard InChI is InChI=1S/C23H24ClN3O3S/c1-2-30-23(29)17-9-12-26(13-10-17)21(28)14-27-11-3-4-20(27)22-25-19(15-31-22)16-5-7-18(24)8-6-16/h3-8,11,15,17H,2,9-10,12-14H2,1H3. The number of thiazole rings is 1. The van der Waals surface area contributed by atoms with Crippen LogP contribution in [-0.2, 0) is 20.9 Å². The summed E-state index contributed by atoms with van der Waals surface area (Å²) in [5.41, 5.74) is 2.81. The van der Waals surface area contributed by atoms with Crippen molar-refractivity contribution in [3.8, 4) is 22.0 Å². The Hall–Kier alpha value is -2.64. The molecule has 3 aromatic rings. The van der Waals surface area contributed by atoms with Crippen LogP contribution in [0, 0.1) is 5.92 Å². The van der Waals surface area contributed by atoms with Crippen LogP contribution in [0.2, 0.25) is 5.02 Å². The summed E-state index contributed by atoms with van der Waals surface area (Å²) in [6.07, 6.45) is 3.21. The van der Waals surface area contributed by atoms with E-state index in [1.807, 2.05) is 64.4 Å². The summed E-state index contributed by atoms with van der Waals surface area (Å²) in [5, 5.41) is 3.57. The number of carbonyl (C=O) groups is 2. The van der Waals surface area contributed by atoms with Crippen molar-refractivity contribution in [1.82, 2.24) is 14.5 Å². The van der Waals surface area contributed by atoms with Gasteiger partial charge >= 0.3 is 5.97 Å². The van der Waals surface area contributed by atoms with Gasteiger partial charge in [-0.05, 0) is 44.0 Å². The minimum absolute atomic E-state index is 0.0502. The Bertz CT molecular complexity index is 1050. The lowest BCUT2D eigenvalue weighted by molar-refractivity contribution is -0.151. The molecule has 1 fully saturated rings. The molecule has 1 saturated heterocycles. The molecule has 1 aliphatic heterocycles. The van der Waals surface area contributed by atoms with Gasteiger partial charge in [0.05, 0.1) is 23.9 Å². The van der Waals surface area contributed by atoms with E-state index in [1.54, 1.807) is 11.3 Å². The highest BCUT2D eigenvalue weighted by molar-refractivity contribution is 7.13. The molecule has 0 unspecified atom stereocenters. The minimum atomic E-state index is -0.150. The average molecular weight is 458 g/mol. The largest absolute Gasteiger partial charge is 0.466 e. The van der Waals surface area contributed by atoms with Crippen molar-refractivity contribution in [2.75, 3.05) is 19.7 Å². The topological polar surface area (TPSA) is 64.4 Å². The summed E-state index contributed by atoms with van der Waals surface area (Å²) in [4.78, 5) is 31.4. The number of likely N-dealkylation sites (tertiary alicyclic amines) is 1. The van der Waals surface area contributed by atoms with Crippen LogP contribution in [-0.4, -0.2) is 46.0 Å². The van der Waals surface area contributed by atoms with Crippen molar-refractivity contribution in [2.45, 2.75) is 26.3 Å². The number of hydrogen-bond acceptors (Lipinski definition) is 5. The number of rotatable bonds is 6. The number of carbonyl (C=O) groups excluding carboxylic acids is 2. The number of esters is 1. The number of halogens is 1. The van der Waals surface area contributed by atoms with Gasteiger partial charge in [0, 0.05) is 35.3 Å². The molecule has 0 saturated carbocycles. The maximum Gasteiger partial charge on any atom is 0.309 e. The molecule has 0 radical (unpaired) electrons. The maximum absolute atomic E-state index is 12.9. The van der Waals surface area contributed by atoms with Crippen LogP contribution in [0.3, 0.4) is 0 Å². The van der Waals surface area contributed by atoms with Crippen molar-refractivity contribution in [3.05, 3.63) is 53.0 Å². The molecule has 0 bridgehead atoms. The molecular weight excluding hydrogens is 434 g/mol. The Morgan fingerprint density at radius 3 is 2.65 bits per heavy atom. The van der Waals surface area contributed by atoms with Gasteiger partial charge in [0.25, 0.3) is 0 Å². The highest BCUT2D eigenvalue weighted by Crippen LogP contribution is 2.30. The zero-order chi connectivity index (χ0) is 21.8. The van der Waals surface area contributed by atoms with Crippen molar-refractivity contribution >= 4 is 34.8 Å². The molecule has 6 nitrogen and oxygen atoms in total. The van der Waals surface area contributed by atoms with Crippen LogP contribution >= 0.6 is 22.9 Å². The summed E-state index contributed by atoms with van der Waals surface area (Å²) in [5.74, 6) is -0.204. The van der Waals surface area contributed by atoms with E-state index >= 15 is 0 Å². The van der Waals surface area contributed by atoms with Gasteiger partial charge in [0.2, 0.25) is 5.91 Å². The van der Waals surface area contributed by atoms with Gasteiger partial charge in [-0.3, -0.25) is 9.59 Å². The summed E-state index contributed by atoms with van der Waals surface area (Å²) in [7, 11) is 0. The second kappa shape index (κ2) is 9.66. The number of nitrogens with zero attached hydrogens (tertiary/aromatic N) is 3. The van der Waals surface area contributed by atoms with E-state index in [0.717, 1.165) is 22.0 Å². The monoisotopic (exact) mass is 457 g/mol. The highest BCUT2D eigenvalue weighted by Gasteiger charge is 2.28. The summed E-state index contributed by atoms with van der Waals surface area (Å²) in [6, 6.07) is 11.5. The predicted molar refractivity (Wildman–Crippen MR) is 122 cm³/mol. The van der Waals surface area contributed by atoms with Crippen molar-refractivity contribution in [1.29, 1.82) is 0 Å². The van der Waals surface area contributed by atoms with E-state index in [1.165, 1.54) is 0 Å². The van der Waals surface area contributed by atoms with Crippen molar-refractivity contribution in [3.63, 3.8) is 0 Å². The van der Waals surface area contributed by atoms with Crippen LogP contribution in [0.4, 0.5) is 0 Å². The average Bonchev–Trinajstić information content (AvgIpc) is 3.44. The Balaban J connectivity index is 1.41. The third-order valence-corrected chi connectivity index (χ3v) is 6.58. The van der Waals surface area contributed by atoms with Crippen molar-refractivity contribution in [2.24, 2.45) is 5.92 Å². The van der Waals surface area contributed by atoms with Crippen molar-refractivity contribution < 1.29 is 14.3 Å². The van der Waals surface area contributed by atoms with Gasteiger partial charge < -0.3 is 14.2 Å². The van der Waals surface area contributed by atoms with Gasteiger partial charge in [0.15, 0.2) is 0 Å². The molecule has 162 valence electrons. The number of amides is 1. The smallest absolute Gasteiger partial charge is 0.309 e. The normalized spacial score (nSPS) is 14.6. The predicted octanol–water partition coefficient (Wildman–Crippen LogP) is 4.73. The second-order valence-corrected chi connectivity index (χ2v) is 8.77. The lowest BCUT2D eigenvalue weighted by Gasteiger charge is -2.31. The van der Waals surface area contributed by atoms with Gasteiger partial charge in [-0.15, -0.1) is 11.3 Å². The summed E-state index contributed by atoms with van der Waals surface area (Å²) >= 11 is 7.53. The lowest BCUT2D eigenvalue weighted by atomic mass is 9.97. The van der Waals surface area contributed by atoms with E-state index in [0.29, 0.717) is 37.6 Å². The number of aromatic nitrogens is 2. The van der Waals surface area contributed by atoms with E-state index in [4.69, 9.17) is 21.3 Å². The molecule has 1 amide bonds. The van der Waals surface area contributed by atoms with Gasteiger partial charge in [0.1, 0.15) is 11.6 Å². The molecule has 1 aliphatic rings. The molecule has 4 rings (SSSR count). The molecule has 31 heavy (non-hydrogen) atoms. The third-order valence-electron chi connectivity index (χ3n) is 5.47. The molecule has 0 aliphatic carbocycles. The SMILES string of the molecule is CCOC(=O)C1CCN(C(=O)Cn2cccc2-c2nc(-c3ccc(Cl)cc3)cs2)CC1. The molecule has 0 spiro atoms. The summed E-state index contributed by atoms with van der Waals surface area (Å²) in [6.45, 7) is 3.62. The molecule has 3 heterocycles. The number of piperidine rings is 1. The summed E-state index contributed by atoms with van der Waals surface area (Å²) < 4.78 is 7.04. The van der Waals surface area contributed by atoms with Crippen LogP contribution in [0.1, 0.15) is 19.8 Å². The van der Waals surface area contributed by atoms with E-state index in [-0.39, 0.29) is 24.3 Å². The molecule has 2 aromatic heterocycles. The van der Waals surface area contributed by atoms with E-state index in [2.05, 4.69) is 0 Å². The zero-order valence-electron chi connectivity index (χ0n) is 17.3. The third kappa shape index (κ3) is 4.99. The van der Waals surface area contributed by atoms with Crippen LogP contribution in [0.15, 0.2) is 48.0 Å². The van der Waals surface area contributed by atoms with Gasteiger partial charge in [-0.1, -0.05) is 23.7 Å². The Kier molecular flexibility index (Phi) is 6.73. The maximum atomic E-state index is 12.9. The zero-order valence-corrected chi connectivity index (χ0v) is 18.9. The number of hydrogen-bond donors (Lipinski definition) is 0. The quantitative estimate of drug-likeness (QED) is 0.502. The first-order valence-electron chi connectivity index (χ1n) is 10.4. The first-order valence-corrected chi connectivity index (χ1v) is 11.6. The number of benzene rings is 1. The van der Waals surface area contributed by atoms with Gasteiger partial charge in [-0.2, -0.15) is 0 Å². The number of ether oxygens (including phenoxy) is 1. The van der Waals surface area contributed by atoms with Crippen LogP contribution < -0.4 is 0 Å². The van der Waals surface area contributed by atoms with Crippen LogP contribution in [0.5, 0.6) is 0 Å². The fourth-order valence-corrected chi connectivity index (χ4v) is 4.76. The molecule has 1 aromatic carbocycles. The van der Waals surface area contributed by atoms with E-state index < -0.39 is 0 Å². The Morgan fingerprint density at radius 2 is 1.94 bits per heavy atom. The first kappa shape index (κ1) is 21.6. The second-order valence-electron chi connectivity index (χ2n) is 7.47. The fraction of sp³-hybridized carbons (Fsp3) is 0.348. The fourth-order valence-electron chi connectivity index (χ4n) is 3.76. The molecule has 0 atom stereocenters.